The third-order valence-corrected chi connectivity index (χ3v) is 6.00. The van der Waals surface area contributed by atoms with Crippen LogP contribution in [0.5, 0.6) is 0 Å². The van der Waals surface area contributed by atoms with E-state index in [1.807, 2.05) is 18.2 Å². The second kappa shape index (κ2) is 9.62. The molecule has 1 aliphatic heterocycles. The largest absolute Gasteiger partial charge is 0.451 e. The first-order valence-corrected chi connectivity index (χ1v) is 11.3. The minimum atomic E-state index is -4.61. The molecule has 6 nitrogen and oxygen atoms in total. The summed E-state index contributed by atoms with van der Waals surface area (Å²) in [6, 6.07) is 9.72. The SMILES string of the molecule is C[C@@H](Nc1ncnc2c(C3=CCOCC3)cc(-c3ccc(F)cc3)cc12)c1cnc(C(F)(F)F)nc1. The van der Waals surface area contributed by atoms with Gasteiger partial charge in [0, 0.05) is 28.9 Å². The molecule has 2 aromatic heterocycles. The highest BCUT2D eigenvalue weighted by Crippen LogP contribution is 2.36. The van der Waals surface area contributed by atoms with Gasteiger partial charge in [0.2, 0.25) is 5.82 Å². The van der Waals surface area contributed by atoms with Crippen molar-refractivity contribution in [2.75, 3.05) is 18.5 Å². The molecule has 0 radical (unpaired) electrons. The van der Waals surface area contributed by atoms with E-state index >= 15 is 0 Å². The molecule has 1 atom stereocenters. The molecule has 3 heterocycles. The molecule has 184 valence electrons. The van der Waals surface area contributed by atoms with Crippen molar-refractivity contribution in [1.29, 1.82) is 0 Å². The van der Waals surface area contributed by atoms with E-state index in [0.717, 1.165) is 45.6 Å². The normalized spacial score (nSPS) is 15.0. The first kappa shape index (κ1) is 23.8. The third kappa shape index (κ3) is 4.90. The maximum atomic E-state index is 13.6. The van der Waals surface area contributed by atoms with Gasteiger partial charge in [0.05, 0.1) is 24.8 Å². The van der Waals surface area contributed by atoms with Gasteiger partial charge >= 0.3 is 6.18 Å². The van der Waals surface area contributed by atoms with Crippen LogP contribution in [0.15, 0.2) is 61.2 Å². The van der Waals surface area contributed by atoms with Crippen LogP contribution in [0.25, 0.3) is 27.6 Å². The Morgan fingerprint density at radius 1 is 0.972 bits per heavy atom. The number of benzene rings is 2. The Bertz CT molecular complexity index is 1420. The topological polar surface area (TPSA) is 72.8 Å². The summed E-state index contributed by atoms with van der Waals surface area (Å²) < 4.78 is 57.6. The van der Waals surface area contributed by atoms with E-state index < -0.39 is 18.0 Å². The average molecular weight is 495 g/mol. The standard InChI is InChI=1S/C26H21F4N5O/c1-15(19-12-31-25(32-13-19)26(28,29)30)35-24-22-11-18(16-2-4-20(27)5-3-16)10-21(23(22)33-14-34-24)17-6-8-36-9-7-17/h2-6,10-15H,7-9H2,1H3,(H,33,34,35)/t15-/m1/s1. The van der Waals surface area contributed by atoms with E-state index in [2.05, 4.69) is 25.3 Å². The molecule has 10 heteroatoms. The molecule has 0 saturated carbocycles. The van der Waals surface area contributed by atoms with Gasteiger partial charge in [-0.25, -0.2) is 24.3 Å². The van der Waals surface area contributed by atoms with Crippen molar-refractivity contribution in [2.45, 2.75) is 25.6 Å². The Balaban J connectivity index is 1.58. The number of rotatable bonds is 5. The van der Waals surface area contributed by atoms with Crippen molar-refractivity contribution in [3.8, 4) is 11.1 Å². The molecule has 1 aliphatic rings. The predicted octanol–water partition coefficient (Wildman–Crippen LogP) is 6.22. The van der Waals surface area contributed by atoms with E-state index in [4.69, 9.17) is 4.74 Å². The fourth-order valence-electron chi connectivity index (χ4n) is 4.10. The van der Waals surface area contributed by atoms with Gasteiger partial charge in [-0.05, 0) is 54.3 Å². The molecule has 2 aromatic carbocycles. The van der Waals surface area contributed by atoms with Crippen molar-refractivity contribution < 1.29 is 22.3 Å². The van der Waals surface area contributed by atoms with Crippen LogP contribution >= 0.6 is 0 Å². The second-order valence-electron chi connectivity index (χ2n) is 8.41. The van der Waals surface area contributed by atoms with E-state index in [1.54, 1.807) is 19.1 Å². The molecule has 0 aliphatic carbocycles. The Hall–Kier alpha value is -3.92. The fraction of sp³-hybridized carbons (Fsp3) is 0.231. The number of anilines is 1. The summed E-state index contributed by atoms with van der Waals surface area (Å²) in [5, 5.41) is 3.98. The highest BCUT2D eigenvalue weighted by atomic mass is 19.4. The lowest BCUT2D eigenvalue weighted by Gasteiger charge is -2.20. The van der Waals surface area contributed by atoms with Gasteiger partial charge in [0.15, 0.2) is 0 Å². The van der Waals surface area contributed by atoms with Crippen LogP contribution in [0.1, 0.15) is 36.3 Å². The van der Waals surface area contributed by atoms with Gasteiger partial charge in [-0.2, -0.15) is 13.2 Å². The van der Waals surface area contributed by atoms with Gasteiger partial charge in [-0.15, -0.1) is 0 Å². The number of nitrogens with zero attached hydrogens (tertiary/aromatic N) is 4. The van der Waals surface area contributed by atoms with E-state index in [1.165, 1.54) is 18.5 Å². The zero-order valence-electron chi connectivity index (χ0n) is 19.2. The summed E-state index contributed by atoms with van der Waals surface area (Å²) in [5.41, 5.74) is 4.88. The average Bonchev–Trinajstić information content (AvgIpc) is 2.89. The maximum absolute atomic E-state index is 13.6. The van der Waals surface area contributed by atoms with Crippen LogP contribution in [0, 0.1) is 5.82 Å². The number of ether oxygens (including phenoxy) is 1. The summed E-state index contributed by atoms with van der Waals surface area (Å²) >= 11 is 0. The van der Waals surface area contributed by atoms with Crippen LogP contribution in [0.2, 0.25) is 0 Å². The van der Waals surface area contributed by atoms with Gasteiger partial charge in [0.1, 0.15) is 18.0 Å². The quantitative estimate of drug-likeness (QED) is 0.332. The monoisotopic (exact) mass is 495 g/mol. The Morgan fingerprint density at radius 2 is 1.72 bits per heavy atom. The highest BCUT2D eigenvalue weighted by Gasteiger charge is 2.34. The number of aromatic nitrogens is 4. The molecule has 4 aromatic rings. The molecule has 1 N–H and O–H groups in total. The summed E-state index contributed by atoms with van der Waals surface area (Å²) in [6.07, 6.45) is 1.88. The zero-order valence-corrected chi connectivity index (χ0v) is 19.2. The summed E-state index contributed by atoms with van der Waals surface area (Å²) in [6.45, 7) is 2.87. The molecule has 0 amide bonds. The van der Waals surface area contributed by atoms with Crippen molar-refractivity contribution in [3.05, 3.63) is 84.0 Å². The third-order valence-electron chi connectivity index (χ3n) is 6.00. The molecule has 0 saturated heterocycles. The number of alkyl halides is 3. The Kier molecular flexibility index (Phi) is 6.36. The molecule has 5 rings (SSSR count). The fourth-order valence-corrected chi connectivity index (χ4v) is 4.10. The Morgan fingerprint density at radius 3 is 2.39 bits per heavy atom. The van der Waals surface area contributed by atoms with E-state index in [9.17, 15) is 17.6 Å². The van der Waals surface area contributed by atoms with Gasteiger partial charge in [-0.3, -0.25) is 0 Å². The van der Waals surface area contributed by atoms with Crippen LogP contribution in [0.3, 0.4) is 0 Å². The summed E-state index contributed by atoms with van der Waals surface area (Å²) in [7, 11) is 0. The molecular weight excluding hydrogens is 474 g/mol. The first-order valence-electron chi connectivity index (χ1n) is 11.3. The number of hydrogen-bond acceptors (Lipinski definition) is 6. The second-order valence-corrected chi connectivity index (χ2v) is 8.41. The smallest absolute Gasteiger partial charge is 0.377 e. The number of nitrogens with one attached hydrogen (secondary N) is 1. The summed E-state index contributed by atoms with van der Waals surface area (Å²) in [4.78, 5) is 15.9. The lowest BCUT2D eigenvalue weighted by atomic mass is 9.93. The van der Waals surface area contributed by atoms with Crippen LogP contribution in [-0.4, -0.2) is 33.1 Å². The highest BCUT2D eigenvalue weighted by molar-refractivity contribution is 6.00. The Labute approximate surface area is 204 Å². The minimum Gasteiger partial charge on any atom is -0.377 e. The van der Waals surface area contributed by atoms with Crippen molar-refractivity contribution in [3.63, 3.8) is 0 Å². The summed E-state index contributed by atoms with van der Waals surface area (Å²) in [5.74, 6) is -1.01. The molecule has 36 heavy (non-hydrogen) atoms. The van der Waals surface area contributed by atoms with Gasteiger partial charge in [0.25, 0.3) is 0 Å². The number of hydrogen-bond donors (Lipinski definition) is 1. The van der Waals surface area contributed by atoms with Crippen molar-refractivity contribution in [1.82, 2.24) is 19.9 Å². The maximum Gasteiger partial charge on any atom is 0.451 e. The molecule has 0 bridgehead atoms. The van der Waals surface area contributed by atoms with Crippen molar-refractivity contribution >= 4 is 22.3 Å². The molecular formula is C26H21F4N5O. The van der Waals surface area contributed by atoms with E-state index in [-0.39, 0.29) is 5.82 Å². The van der Waals surface area contributed by atoms with Crippen molar-refractivity contribution in [2.24, 2.45) is 0 Å². The van der Waals surface area contributed by atoms with Gasteiger partial charge < -0.3 is 10.1 Å². The zero-order chi connectivity index (χ0) is 25.3. The van der Waals surface area contributed by atoms with Crippen LogP contribution in [-0.2, 0) is 10.9 Å². The molecule has 0 spiro atoms. The lowest BCUT2D eigenvalue weighted by molar-refractivity contribution is -0.145. The van der Waals surface area contributed by atoms with Crippen LogP contribution < -0.4 is 5.32 Å². The first-order chi connectivity index (χ1) is 17.3. The molecule has 0 fully saturated rings. The molecule has 0 unspecified atom stereocenters. The number of halogens is 4. The lowest BCUT2D eigenvalue weighted by Crippen LogP contribution is -2.14. The minimum absolute atomic E-state index is 0.329. The van der Waals surface area contributed by atoms with Crippen LogP contribution in [0.4, 0.5) is 23.4 Å². The van der Waals surface area contributed by atoms with E-state index in [0.29, 0.717) is 31.0 Å². The van der Waals surface area contributed by atoms with Gasteiger partial charge in [-0.1, -0.05) is 18.2 Å². The predicted molar refractivity (Wildman–Crippen MR) is 127 cm³/mol. The number of fused-ring (bicyclic) bond motifs is 1.